The van der Waals surface area contributed by atoms with Crippen molar-refractivity contribution in [3.63, 3.8) is 0 Å². The first-order chi connectivity index (χ1) is 14.0. The highest BCUT2D eigenvalue weighted by Crippen LogP contribution is 2.44. The van der Waals surface area contributed by atoms with Crippen molar-refractivity contribution in [1.82, 2.24) is 10.3 Å². The van der Waals surface area contributed by atoms with Crippen molar-refractivity contribution in [2.45, 2.75) is 50.5 Å². The van der Waals surface area contributed by atoms with Gasteiger partial charge in [0.05, 0.1) is 11.1 Å². The van der Waals surface area contributed by atoms with Crippen LogP contribution in [0.2, 0.25) is 0 Å². The van der Waals surface area contributed by atoms with E-state index in [0.717, 1.165) is 37.6 Å². The van der Waals surface area contributed by atoms with E-state index in [1.807, 2.05) is 0 Å². The van der Waals surface area contributed by atoms with Gasteiger partial charge >= 0.3 is 6.18 Å². The van der Waals surface area contributed by atoms with Gasteiger partial charge in [-0.3, -0.25) is 9.78 Å². The van der Waals surface area contributed by atoms with Crippen LogP contribution in [0.3, 0.4) is 0 Å². The predicted molar refractivity (Wildman–Crippen MR) is 116 cm³/mol. The van der Waals surface area contributed by atoms with E-state index in [4.69, 9.17) is 0 Å². The number of nitrogens with zero attached hydrogens (tertiary/aromatic N) is 2. The molecule has 1 saturated heterocycles. The van der Waals surface area contributed by atoms with E-state index in [2.05, 4.69) is 38.3 Å². The van der Waals surface area contributed by atoms with Gasteiger partial charge in [0.15, 0.2) is 0 Å². The molecule has 2 heterocycles. The van der Waals surface area contributed by atoms with Crippen LogP contribution in [0, 0.1) is 11.8 Å². The molecule has 30 heavy (non-hydrogen) atoms. The molecule has 8 heteroatoms. The van der Waals surface area contributed by atoms with Crippen LogP contribution in [0.25, 0.3) is 10.9 Å². The summed E-state index contributed by atoms with van der Waals surface area (Å²) >= 11 is 0. The average Bonchev–Trinajstić information content (AvgIpc) is 2.63. The second-order valence-electron chi connectivity index (χ2n) is 9.24. The topological polar surface area (TPSA) is 45.2 Å². The second kappa shape index (κ2) is 7.67. The number of anilines is 1. The van der Waals surface area contributed by atoms with Crippen molar-refractivity contribution >= 4 is 31.7 Å². The van der Waals surface area contributed by atoms with Crippen LogP contribution in [0.15, 0.2) is 30.5 Å². The van der Waals surface area contributed by atoms with Crippen molar-refractivity contribution in [2.75, 3.05) is 18.0 Å². The van der Waals surface area contributed by atoms with Gasteiger partial charge in [0, 0.05) is 42.3 Å². The first-order valence-electron chi connectivity index (χ1n) is 10.3. The zero-order valence-electron chi connectivity index (χ0n) is 17.2. The molecular formula is C22H27F3N3OP. The highest BCUT2D eigenvalue weighted by molar-refractivity contribution is 7.19. The van der Waals surface area contributed by atoms with E-state index >= 15 is 0 Å². The van der Waals surface area contributed by atoms with Crippen LogP contribution in [0.5, 0.6) is 0 Å². The first kappa shape index (κ1) is 21.4. The Morgan fingerprint density at radius 1 is 1.27 bits per heavy atom. The van der Waals surface area contributed by atoms with Gasteiger partial charge in [0.25, 0.3) is 0 Å². The number of hydrogen-bond acceptors (Lipinski definition) is 3. The molecule has 2 fully saturated rings. The number of amides is 1. The summed E-state index contributed by atoms with van der Waals surface area (Å²) in [5.41, 5.74) is -0.0178. The number of carbonyl (C=O) groups is 1. The summed E-state index contributed by atoms with van der Waals surface area (Å²) in [6, 6.07) is 5.98. The zero-order chi connectivity index (χ0) is 21.7. The minimum atomic E-state index is -4.45. The monoisotopic (exact) mass is 437 g/mol. The van der Waals surface area contributed by atoms with Crippen LogP contribution >= 0.6 is 9.24 Å². The maximum atomic E-state index is 13.4. The third-order valence-electron chi connectivity index (χ3n) is 6.20. The van der Waals surface area contributed by atoms with Crippen LogP contribution < -0.4 is 10.2 Å². The Morgan fingerprint density at radius 2 is 2.00 bits per heavy atom. The largest absolute Gasteiger partial charge is 0.418 e. The molecule has 1 saturated carbocycles. The quantitative estimate of drug-likeness (QED) is 0.713. The lowest BCUT2D eigenvalue weighted by Crippen LogP contribution is -2.54. The molecule has 2 aromatic rings. The molecule has 1 aromatic heterocycles. The van der Waals surface area contributed by atoms with E-state index in [0.29, 0.717) is 17.8 Å². The number of aromatic nitrogens is 1. The average molecular weight is 437 g/mol. The fourth-order valence-electron chi connectivity index (χ4n) is 4.89. The Bertz CT molecular complexity index is 954. The SMILES string of the molecule is C[C@H]1C[C@@H](NC(=O)C2CC(C)(P)C2)CN(c2ccc(C(F)(F)F)c3ncccc23)C1. The highest BCUT2D eigenvalue weighted by atomic mass is 31.0. The molecule has 1 unspecified atom stereocenters. The third kappa shape index (κ3) is 4.27. The fraction of sp³-hybridized carbons (Fsp3) is 0.545. The molecule has 0 radical (unpaired) electrons. The maximum Gasteiger partial charge on any atom is 0.418 e. The van der Waals surface area contributed by atoms with Gasteiger partial charge < -0.3 is 10.2 Å². The number of pyridine rings is 1. The van der Waals surface area contributed by atoms with Gasteiger partial charge in [-0.1, -0.05) is 13.8 Å². The summed E-state index contributed by atoms with van der Waals surface area (Å²) in [4.78, 5) is 18.7. The van der Waals surface area contributed by atoms with Crippen molar-refractivity contribution in [3.05, 3.63) is 36.0 Å². The van der Waals surface area contributed by atoms with E-state index < -0.39 is 11.7 Å². The van der Waals surface area contributed by atoms with Crippen molar-refractivity contribution in [3.8, 4) is 0 Å². The Kier molecular flexibility index (Phi) is 5.46. The molecule has 1 amide bonds. The van der Waals surface area contributed by atoms with E-state index in [1.165, 1.54) is 12.3 Å². The summed E-state index contributed by atoms with van der Waals surface area (Å²) in [6.07, 6.45) is -0.466. The van der Waals surface area contributed by atoms with Crippen LogP contribution in [0.4, 0.5) is 18.9 Å². The van der Waals surface area contributed by atoms with Crippen molar-refractivity contribution in [2.24, 2.45) is 11.8 Å². The van der Waals surface area contributed by atoms with Gasteiger partial charge in [-0.05, 0) is 54.6 Å². The standard InChI is InChI=1S/C22H27F3N3OP/c1-13-8-15(27-20(29)14-9-21(2,30)10-14)12-28(11-13)18-6-5-17(22(23,24)25)19-16(18)4-3-7-26-19/h3-7,13-15H,8-12,30H2,1-2H3,(H,27,29)/t13-,14?,15+,21?/m0/s1. The number of benzene rings is 1. The molecule has 1 N–H and O–H groups in total. The maximum absolute atomic E-state index is 13.4. The lowest BCUT2D eigenvalue weighted by Gasteiger charge is -2.43. The number of carbonyl (C=O) groups excluding carboxylic acids is 1. The van der Waals surface area contributed by atoms with Crippen LogP contribution in [-0.4, -0.2) is 35.2 Å². The Morgan fingerprint density at radius 3 is 2.67 bits per heavy atom. The minimum Gasteiger partial charge on any atom is -0.369 e. The summed E-state index contributed by atoms with van der Waals surface area (Å²) in [5.74, 6) is 0.452. The molecule has 162 valence electrons. The summed E-state index contributed by atoms with van der Waals surface area (Å²) in [7, 11) is 2.81. The lowest BCUT2D eigenvalue weighted by molar-refractivity contribution is -0.136. The van der Waals surface area contributed by atoms with Gasteiger partial charge in [-0.2, -0.15) is 13.2 Å². The van der Waals surface area contributed by atoms with E-state index in [9.17, 15) is 18.0 Å². The van der Waals surface area contributed by atoms with Crippen molar-refractivity contribution in [1.29, 1.82) is 0 Å². The molecule has 2 aliphatic rings. The van der Waals surface area contributed by atoms with Gasteiger partial charge in [0.2, 0.25) is 5.91 Å². The van der Waals surface area contributed by atoms with Crippen LogP contribution in [-0.2, 0) is 11.0 Å². The van der Waals surface area contributed by atoms with E-state index in [-0.39, 0.29) is 28.5 Å². The van der Waals surface area contributed by atoms with Gasteiger partial charge in [-0.25, -0.2) is 0 Å². The predicted octanol–water partition coefficient (Wildman–Crippen LogP) is 4.63. The molecule has 1 aromatic carbocycles. The molecule has 4 nitrogen and oxygen atoms in total. The summed E-state index contributed by atoms with van der Waals surface area (Å²) < 4.78 is 40.3. The van der Waals surface area contributed by atoms with Gasteiger partial charge in [0.1, 0.15) is 0 Å². The van der Waals surface area contributed by atoms with Gasteiger partial charge in [-0.15, -0.1) is 9.24 Å². The minimum absolute atomic E-state index is 0.0216. The fourth-order valence-corrected chi connectivity index (χ4v) is 5.45. The van der Waals surface area contributed by atoms with Crippen molar-refractivity contribution < 1.29 is 18.0 Å². The third-order valence-corrected chi connectivity index (χ3v) is 6.67. The molecule has 0 spiro atoms. The second-order valence-corrected chi connectivity index (χ2v) is 10.6. The molecule has 1 aliphatic heterocycles. The lowest BCUT2D eigenvalue weighted by atomic mass is 9.74. The molecule has 4 rings (SSSR count). The molecule has 3 atom stereocenters. The number of halogens is 3. The zero-order valence-corrected chi connectivity index (χ0v) is 18.3. The van der Waals surface area contributed by atoms with Crippen LogP contribution in [0.1, 0.15) is 38.7 Å². The Hall–Kier alpha value is -1.88. The number of alkyl halides is 3. The number of nitrogens with one attached hydrogen (secondary N) is 1. The summed E-state index contributed by atoms with van der Waals surface area (Å²) in [5, 5.41) is 3.83. The highest BCUT2D eigenvalue weighted by Gasteiger charge is 2.41. The first-order valence-corrected chi connectivity index (χ1v) is 10.9. The smallest absolute Gasteiger partial charge is 0.369 e. The number of fused-ring (bicyclic) bond motifs is 1. The molecule has 0 bridgehead atoms. The Balaban J connectivity index is 1.57. The summed E-state index contributed by atoms with van der Waals surface area (Å²) in [6.45, 7) is 5.56. The number of hydrogen-bond donors (Lipinski definition) is 1. The molecular weight excluding hydrogens is 410 g/mol. The number of rotatable bonds is 3. The normalized spacial score (nSPS) is 29.5. The Labute approximate surface area is 176 Å². The van der Waals surface area contributed by atoms with E-state index in [1.54, 1.807) is 12.1 Å². The number of piperidine rings is 1. The molecule has 1 aliphatic carbocycles.